The van der Waals surface area contributed by atoms with Gasteiger partial charge in [0.05, 0.1) is 5.25 Å². The summed E-state index contributed by atoms with van der Waals surface area (Å²) in [5.41, 5.74) is 1.21. The first-order chi connectivity index (χ1) is 7.75. The standard InChI is InChI=1S/C12H21N3S/c1-9(2)6-13-7-10-8-14-12(15-10)11-4-3-5-16-11/h8-9,11,13H,3-7H2,1-2H3,(H,14,15). The molecular weight excluding hydrogens is 218 g/mol. The van der Waals surface area contributed by atoms with Gasteiger partial charge in [0.15, 0.2) is 0 Å². The summed E-state index contributed by atoms with van der Waals surface area (Å²) >= 11 is 2.02. The number of nitrogens with one attached hydrogen (secondary N) is 2. The monoisotopic (exact) mass is 239 g/mol. The normalized spacial score (nSPS) is 20.8. The van der Waals surface area contributed by atoms with Crippen molar-refractivity contribution in [3.8, 4) is 0 Å². The van der Waals surface area contributed by atoms with Crippen molar-refractivity contribution < 1.29 is 0 Å². The van der Waals surface area contributed by atoms with Gasteiger partial charge in [0.2, 0.25) is 0 Å². The van der Waals surface area contributed by atoms with Crippen LogP contribution >= 0.6 is 11.8 Å². The van der Waals surface area contributed by atoms with Gasteiger partial charge in [0, 0.05) is 18.4 Å². The van der Waals surface area contributed by atoms with Crippen LogP contribution in [0, 0.1) is 5.92 Å². The summed E-state index contributed by atoms with van der Waals surface area (Å²) in [6, 6.07) is 0. The van der Waals surface area contributed by atoms with E-state index in [0.717, 1.165) is 13.1 Å². The van der Waals surface area contributed by atoms with E-state index < -0.39 is 0 Å². The summed E-state index contributed by atoms with van der Waals surface area (Å²) < 4.78 is 0. The Hall–Kier alpha value is -0.480. The van der Waals surface area contributed by atoms with Crippen LogP contribution in [0.15, 0.2) is 6.20 Å². The maximum absolute atomic E-state index is 4.48. The maximum atomic E-state index is 4.48. The van der Waals surface area contributed by atoms with E-state index in [1.165, 1.54) is 30.1 Å². The van der Waals surface area contributed by atoms with E-state index in [1.807, 2.05) is 18.0 Å². The van der Waals surface area contributed by atoms with Crippen LogP contribution in [0.3, 0.4) is 0 Å². The SMILES string of the molecule is CC(C)CNCc1cnc(C2CCCS2)[nH]1. The van der Waals surface area contributed by atoms with Gasteiger partial charge >= 0.3 is 0 Å². The highest BCUT2D eigenvalue weighted by atomic mass is 32.2. The third kappa shape index (κ3) is 3.25. The Morgan fingerprint density at radius 2 is 2.50 bits per heavy atom. The molecule has 4 heteroatoms. The van der Waals surface area contributed by atoms with Gasteiger partial charge < -0.3 is 10.3 Å². The topological polar surface area (TPSA) is 40.7 Å². The number of thioether (sulfide) groups is 1. The summed E-state index contributed by atoms with van der Waals surface area (Å²) in [4.78, 5) is 7.91. The third-order valence-electron chi connectivity index (χ3n) is 2.75. The van der Waals surface area contributed by atoms with Crippen molar-refractivity contribution in [2.75, 3.05) is 12.3 Å². The van der Waals surface area contributed by atoms with Crippen LogP contribution in [0.4, 0.5) is 0 Å². The van der Waals surface area contributed by atoms with Gasteiger partial charge in [0.1, 0.15) is 5.82 Å². The van der Waals surface area contributed by atoms with Gasteiger partial charge in [-0.3, -0.25) is 0 Å². The Bertz CT molecular complexity index is 316. The second-order valence-electron chi connectivity index (χ2n) is 4.82. The molecule has 1 atom stereocenters. The van der Waals surface area contributed by atoms with Gasteiger partial charge in [0.25, 0.3) is 0 Å². The van der Waals surface area contributed by atoms with Crippen molar-refractivity contribution in [3.05, 3.63) is 17.7 Å². The van der Waals surface area contributed by atoms with Crippen LogP contribution in [0.2, 0.25) is 0 Å². The number of imidazole rings is 1. The zero-order chi connectivity index (χ0) is 11.4. The van der Waals surface area contributed by atoms with E-state index in [2.05, 4.69) is 29.1 Å². The van der Waals surface area contributed by atoms with Gasteiger partial charge in [-0.15, -0.1) is 0 Å². The van der Waals surface area contributed by atoms with Crippen molar-refractivity contribution in [3.63, 3.8) is 0 Å². The van der Waals surface area contributed by atoms with Crippen LogP contribution in [-0.2, 0) is 6.54 Å². The number of rotatable bonds is 5. The second kappa shape index (κ2) is 5.73. The average molecular weight is 239 g/mol. The van der Waals surface area contributed by atoms with Crippen molar-refractivity contribution in [1.29, 1.82) is 0 Å². The first-order valence-electron chi connectivity index (χ1n) is 6.12. The number of nitrogens with zero attached hydrogens (tertiary/aromatic N) is 1. The fourth-order valence-corrected chi connectivity index (χ4v) is 3.15. The largest absolute Gasteiger partial charge is 0.344 e. The second-order valence-corrected chi connectivity index (χ2v) is 6.13. The Labute approximate surface area is 102 Å². The molecule has 1 fully saturated rings. The summed E-state index contributed by atoms with van der Waals surface area (Å²) in [5, 5.41) is 4.04. The van der Waals surface area contributed by atoms with E-state index in [-0.39, 0.29) is 0 Å². The number of hydrogen-bond donors (Lipinski definition) is 2. The molecule has 1 aromatic rings. The minimum atomic E-state index is 0.610. The molecule has 0 radical (unpaired) electrons. The minimum Gasteiger partial charge on any atom is -0.344 e. The molecule has 16 heavy (non-hydrogen) atoms. The first kappa shape index (κ1) is 12.0. The molecule has 0 bridgehead atoms. The maximum Gasteiger partial charge on any atom is 0.119 e. The Balaban J connectivity index is 1.82. The molecule has 0 aliphatic carbocycles. The van der Waals surface area contributed by atoms with E-state index in [9.17, 15) is 0 Å². The average Bonchev–Trinajstić information content (AvgIpc) is 2.85. The van der Waals surface area contributed by atoms with Crippen molar-refractivity contribution in [2.24, 2.45) is 5.92 Å². The molecule has 1 aromatic heterocycles. The van der Waals surface area contributed by atoms with Crippen LogP contribution in [0.25, 0.3) is 0 Å². The molecule has 0 spiro atoms. The van der Waals surface area contributed by atoms with E-state index in [4.69, 9.17) is 0 Å². The molecule has 3 nitrogen and oxygen atoms in total. The first-order valence-corrected chi connectivity index (χ1v) is 7.16. The van der Waals surface area contributed by atoms with Gasteiger partial charge in [-0.1, -0.05) is 13.8 Å². The smallest absolute Gasteiger partial charge is 0.119 e. The van der Waals surface area contributed by atoms with E-state index >= 15 is 0 Å². The molecule has 1 saturated heterocycles. The molecule has 2 rings (SSSR count). The molecule has 1 aliphatic rings. The highest BCUT2D eigenvalue weighted by Crippen LogP contribution is 2.38. The quantitative estimate of drug-likeness (QED) is 0.830. The fraction of sp³-hybridized carbons (Fsp3) is 0.750. The van der Waals surface area contributed by atoms with Crippen LogP contribution < -0.4 is 5.32 Å². The molecule has 0 aromatic carbocycles. The van der Waals surface area contributed by atoms with Crippen molar-refractivity contribution in [1.82, 2.24) is 15.3 Å². The summed E-state index contributed by atoms with van der Waals surface area (Å²) in [6.45, 7) is 6.41. The highest BCUT2D eigenvalue weighted by molar-refractivity contribution is 7.99. The molecule has 0 amide bonds. The van der Waals surface area contributed by atoms with Crippen molar-refractivity contribution >= 4 is 11.8 Å². The lowest BCUT2D eigenvalue weighted by Gasteiger charge is -2.06. The molecule has 90 valence electrons. The predicted molar refractivity (Wildman–Crippen MR) is 69.6 cm³/mol. The molecule has 1 aliphatic heterocycles. The van der Waals surface area contributed by atoms with E-state index in [1.54, 1.807) is 0 Å². The highest BCUT2D eigenvalue weighted by Gasteiger charge is 2.20. The lowest BCUT2D eigenvalue weighted by Crippen LogP contribution is -2.19. The van der Waals surface area contributed by atoms with Crippen LogP contribution in [0.5, 0.6) is 0 Å². The minimum absolute atomic E-state index is 0.610. The predicted octanol–water partition coefficient (Wildman–Crippen LogP) is 2.72. The molecule has 2 N–H and O–H groups in total. The Kier molecular flexibility index (Phi) is 4.29. The summed E-state index contributed by atoms with van der Waals surface area (Å²) in [6.07, 6.45) is 4.58. The summed E-state index contributed by atoms with van der Waals surface area (Å²) in [7, 11) is 0. The molecule has 1 unspecified atom stereocenters. The summed E-state index contributed by atoms with van der Waals surface area (Å²) in [5.74, 6) is 3.16. The van der Waals surface area contributed by atoms with Crippen molar-refractivity contribution in [2.45, 2.75) is 38.5 Å². The van der Waals surface area contributed by atoms with Crippen LogP contribution in [-0.4, -0.2) is 22.3 Å². The van der Waals surface area contributed by atoms with E-state index in [0.29, 0.717) is 11.2 Å². The van der Waals surface area contributed by atoms with Crippen LogP contribution in [0.1, 0.15) is 43.5 Å². The fourth-order valence-electron chi connectivity index (χ4n) is 1.92. The lowest BCUT2D eigenvalue weighted by molar-refractivity contribution is 0.548. The number of aromatic nitrogens is 2. The number of H-pyrrole nitrogens is 1. The van der Waals surface area contributed by atoms with Gasteiger partial charge in [-0.25, -0.2) is 4.98 Å². The molecular formula is C12H21N3S. The zero-order valence-electron chi connectivity index (χ0n) is 10.1. The van der Waals surface area contributed by atoms with Gasteiger partial charge in [-0.05, 0) is 31.1 Å². The Morgan fingerprint density at radius 3 is 3.19 bits per heavy atom. The lowest BCUT2D eigenvalue weighted by atomic mass is 10.2. The third-order valence-corrected chi connectivity index (χ3v) is 4.14. The number of hydrogen-bond acceptors (Lipinski definition) is 3. The van der Waals surface area contributed by atoms with Gasteiger partial charge in [-0.2, -0.15) is 11.8 Å². The molecule has 0 saturated carbocycles. The zero-order valence-corrected chi connectivity index (χ0v) is 10.9. The number of aromatic amines is 1. The Morgan fingerprint density at radius 1 is 1.62 bits per heavy atom. The molecule has 2 heterocycles.